The number of rotatable bonds is 5. The van der Waals surface area contributed by atoms with E-state index < -0.39 is 28.8 Å². The van der Waals surface area contributed by atoms with Crippen LogP contribution in [0.4, 0.5) is 20.2 Å². The number of H-pyrrole nitrogens is 1. The van der Waals surface area contributed by atoms with Crippen molar-refractivity contribution < 1.29 is 13.6 Å². The van der Waals surface area contributed by atoms with Gasteiger partial charge in [-0.25, -0.2) is 8.78 Å². The Balaban J connectivity index is 2.13. The number of anilines is 2. The standard InChI is InChI=1S/C17H11ClF2N4O2S/c18-8-5-23-17(26)12(13(21)7-4-11(16(22)25)27-6-7)14(8)24-15-9(19)2-1-3-10(15)20/h1-6,21H,(H2,22,25)(H2,23,24,26). The third-order valence-corrected chi connectivity index (χ3v) is 4.88. The Morgan fingerprint density at radius 2 is 1.93 bits per heavy atom. The Labute approximate surface area is 160 Å². The lowest BCUT2D eigenvalue weighted by Crippen LogP contribution is -2.21. The number of primary amides is 1. The van der Waals surface area contributed by atoms with Crippen molar-refractivity contribution in [2.45, 2.75) is 0 Å². The number of amides is 1. The molecule has 0 aliphatic rings. The second-order valence-electron chi connectivity index (χ2n) is 5.38. The van der Waals surface area contributed by atoms with E-state index >= 15 is 0 Å². The SMILES string of the molecule is N=C(c1csc(C(N)=O)c1)c1c(Nc2c(F)cccc2F)c(Cl)c[nH]c1=O. The van der Waals surface area contributed by atoms with Crippen molar-refractivity contribution in [1.29, 1.82) is 5.41 Å². The first-order valence-electron chi connectivity index (χ1n) is 7.39. The lowest BCUT2D eigenvalue weighted by atomic mass is 10.0. The number of nitrogens with one attached hydrogen (secondary N) is 3. The number of nitrogens with two attached hydrogens (primary N) is 1. The molecule has 0 unspecified atom stereocenters. The fraction of sp³-hybridized carbons (Fsp3) is 0. The molecular weight excluding hydrogens is 398 g/mol. The van der Waals surface area contributed by atoms with Gasteiger partial charge in [0.05, 0.1) is 26.9 Å². The largest absolute Gasteiger partial charge is 0.365 e. The van der Waals surface area contributed by atoms with Crippen LogP contribution >= 0.6 is 22.9 Å². The Morgan fingerprint density at radius 3 is 2.52 bits per heavy atom. The predicted molar refractivity (Wildman–Crippen MR) is 100 cm³/mol. The molecule has 5 N–H and O–H groups in total. The molecule has 2 aromatic heterocycles. The number of halogens is 3. The number of thiophene rings is 1. The number of benzene rings is 1. The molecule has 27 heavy (non-hydrogen) atoms. The van der Waals surface area contributed by atoms with Crippen LogP contribution in [0.25, 0.3) is 0 Å². The zero-order valence-corrected chi connectivity index (χ0v) is 15.0. The number of carbonyl (C=O) groups excluding carboxylic acids is 1. The highest BCUT2D eigenvalue weighted by atomic mass is 35.5. The van der Waals surface area contributed by atoms with E-state index in [0.717, 1.165) is 29.7 Å². The van der Waals surface area contributed by atoms with Crippen LogP contribution in [-0.4, -0.2) is 16.6 Å². The van der Waals surface area contributed by atoms with E-state index in [-0.39, 0.29) is 32.4 Å². The van der Waals surface area contributed by atoms with Crippen LogP contribution in [-0.2, 0) is 0 Å². The van der Waals surface area contributed by atoms with E-state index in [1.54, 1.807) is 0 Å². The quantitative estimate of drug-likeness (QED) is 0.483. The van der Waals surface area contributed by atoms with E-state index in [0.29, 0.717) is 0 Å². The highest BCUT2D eigenvalue weighted by Crippen LogP contribution is 2.31. The van der Waals surface area contributed by atoms with Gasteiger partial charge in [0.25, 0.3) is 11.5 Å². The van der Waals surface area contributed by atoms with Crippen LogP contribution in [0.15, 0.2) is 40.6 Å². The van der Waals surface area contributed by atoms with E-state index in [1.165, 1.54) is 17.5 Å². The highest BCUT2D eigenvalue weighted by molar-refractivity contribution is 7.12. The molecule has 138 valence electrons. The molecule has 0 fully saturated rings. The minimum absolute atomic E-state index is 0.0534. The highest BCUT2D eigenvalue weighted by Gasteiger charge is 2.21. The molecular formula is C17H11ClF2N4O2S. The monoisotopic (exact) mass is 408 g/mol. The number of hydrogen-bond acceptors (Lipinski definition) is 5. The van der Waals surface area contributed by atoms with Crippen molar-refractivity contribution in [3.63, 3.8) is 0 Å². The van der Waals surface area contributed by atoms with Gasteiger partial charge in [-0.15, -0.1) is 11.3 Å². The van der Waals surface area contributed by atoms with Crippen molar-refractivity contribution in [3.05, 3.63) is 78.9 Å². The molecule has 0 aliphatic carbocycles. The van der Waals surface area contributed by atoms with Crippen LogP contribution in [0, 0.1) is 17.0 Å². The van der Waals surface area contributed by atoms with E-state index in [1.807, 2.05) is 0 Å². The summed E-state index contributed by atoms with van der Waals surface area (Å²) < 4.78 is 28.0. The van der Waals surface area contributed by atoms with Crippen LogP contribution in [0.5, 0.6) is 0 Å². The zero-order chi connectivity index (χ0) is 19.7. The first-order valence-corrected chi connectivity index (χ1v) is 8.65. The van der Waals surface area contributed by atoms with Gasteiger partial charge < -0.3 is 16.0 Å². The lowest BCUT2D eigenvalue weighted by Gasteiger charge is -2.14. The molecule has 0 radical (unpaired) electrons. The minimum atomic E-state index is -0.893. The maximum atomic E-state index is 14.0. The average molecular weight is 409 g/mol. The van der Waals surface area contributed by atoms with Gasteiger partial charge in [-0.05, 0) is 18.2 Å². The molecule has 0 saturated heterocycles. The predicted octanol–water partition coefficient (Wildman–Crippen LogP) is 3.63. The summed E-state index contributed by atoms with van der Waals surface area (Å²) in [6.45, 7) is 0. The third kappa shape index (κ3) is 3.60. The normalized spacial score (nSPS) is 10.6. The van der Waals surface area contributed by atoms with E-state index in [2.05, 4.69) is 10.3 Å². The second kappa shape index (κ2) is 7.29. The molecule has 0 spiro atoms. The fourth-order valence-electron chi connectivity index (χ4n) is 2.35. The van der Waals surface area contributed by atoms with Crippen molar-refractivity contribution >= 4 is 45.9 Å². The number of para-hydroxylation sites is 1. The molecule has 0 bridgehead atoms. The number of pyridine rings is 1. The second-order valence-corrected chi connectivity index (χ2v) is 6.69. The van der Waals surface area contributed by atoms with Gasteiger partial charge in [-0.2, -0.15) is 0 Å². The third-order valence-electron chi connectivity index (χ3n) is 3.64. The van der Waals surface area contributed by atoms with Gasteiger partial charge in [0, 0.05) is 17.1 Å². The van der Waals surface area contributed by atoms with Crippen molar-refractivity contribution in [2.75, 3.05) is 5.32 Å². The average Bonchev–Trinajstić information content (AvgIpc) is 3.11. The summed E-state index contributed by atoms with van der Waals surface area (Å²) in [7, 11) is 0. The summed E-state index contributed by atoms with van der Waals surface area (Å²) in [5, 5.41) is 12.2. The fourth-order valence-corrected chi connectivity index (χ4v) is 3.30. The number of hydrogen-bond donors (Lipinski definition) is 4. The van der Waals surface area contributed by atoms with Gasteiger partial charge >= 0.3 is 0 Å². The Hall–Kier alpha value is -3.04. The summed E-state index contributed by atoms with van der Waals surface area (Å²) in [4.78, 5) is 26.1. The van der Waals surface area contributed by atoms with Crippen LogP contribution in [0.2, 0.25) is 5.02 Å². The summed E-state index contributed by atoms with van der Waals surface area (Å²) in [6, 6.07) is 4.61. The number of aromatic nitrogens is 1. The van der Waals surface area contributed by atoms with Crippen LogP contribution in [0.3, 0.4) is 0 Å². The topological polar surface area (TPSA) is 112 Å². The molecule has 0 aliphatic heterocycles. The molecule has 3 rings (SSSR count). The van der Waals surface area contributed by atoms with E-state index in [4.69, 9.17) is 22.7 Å². The Bertz CT molecular complexity index is 1110. The molecule has 6 nitrogen and oxygen atoms in total. The van der Waals surface area contributed by atoms with E-state index in [9.17, 15) is 18.4 Å². The van der Waals surface area contributed by atoms with Crippen molar-refractivity contribution in [3.8, 4) is 0 Å². The summed E-state index contributed by atoms with van der Waals surface area (Å²) in [6.07, 6.45) is 1.14. The number of aromatic amines is 1. The van der Waals surface area contributed by atoms with Gasteiger partial charge in [0.15, 0.2) is 0 Å². The summed E-state index contributed by atoms with van der Waals surface area (Å²) in [5.41, 5.74) is 3.56. The summed E-state index contributed by atoms with van der Waals surface area (Å²) >= 11 is 7.10. The lowest BCUT2D eigenvalue weighted by molar-refractivity contribution is 0.100. The first kappa shape index (κ1) is 18.7. The number of carbonyl (C=O) groups is 1. The van der Waals surface area contributed by atoms with Crippen LogP contribution in [0.1, 0.15) is 20.8 Å². The van der Waals surface area contributed by atoms with Crippen LogP contribution < -0.4 is 16.6 Å². The zero-order valence-electron chi connectivity index (χ0n) is 13.4. The molecule has 1 aromatic carbocycles. The molecule has 3 aromatic rings. The smallest absolute Gasteiger partial charge is 0.259 e. The summed E-state index contributed by atoms with van der Waals surface area (Å²) in [5.74, 6) is -2.46. The first-order chi connectivity index (χ1) is 12.8. The van der Waals surface area contributed by atoms with Gasteiger partial charge in [-0.3, -0.25) is 15.0 Å². The van der Waals surface area contributed by atoms with Gasteiger partial charge in [0.1, 0.15) is 17.3 Å². The van der Waals surface area contributed by atoms with Gasteiger partial charge in [-0.1, -0.05) is 17.7 Å². The van der Waals surface area contributed by atoms with Crippen molar-refractivity contribution in [2.24, 2.45) is 5.73 Å². The maximum absolute atomic E-state index is 14.0. The maximum Gasteiger partial charge on any atom is 0.259 e. The molecule has 0 atom stereocenters. The minimum Gasteiger partial charge on any atom is -0.365 e. The Kier molecular flexibility index (Phi) is 5.06. The molecule has 10 heteroatoms. The molecule has 2 heterocycles. The Morgan fingerprint density at radius 1 is 1.26 bits per heavy atom. The molecule has 0 saturated carbocycles. The van der Waals surface area contributed by atoms with Gasteiger partial charge in [0.2, 0.25) is 0 Å². The van der Waals surface area contributed by atoms with Crippen molar-refractivity contribution in [1.82, 2.24) is 4.98 Å². The molecule has 1 amide bonds.